The second-order valence-corrected chi connectivity index (χ2v) is 18.1. The van der Waals surface area contributed by atoms with Crippen molar-refractivity contribution in [3.8, 4) is 27.9 Å². The van der Waals surface area contributed by atoms with Gasteiger partial charge in [0.25, 0.3) is 0 Å². The van der Waals surface area contributed by atoms with Crippen molar-refractivity contribution >= 4 is 99.8 Å². The standard InChI is InChI=1S/C66H43N3O2/c1-3-17-46(18-4-1)67(48-37-33-44(34-38-48)53-25-15-27-59-57-23-9-13-31-63(57)70-65(53)59)50-41-51(43-52(42-50)69-61-29-11-7-21-55(61)56-22-8-12-30-62(56)69)68(47-19-5-2-6-20-47)49-39-35-45(36-40-49)54-26-16-28-60-58-24-10-14-32-64(58)71-66(54)60/h1-43H. The number of hydrogen-bond donors (Lipinski definition) is 0. The monoisotopic (exact) mass is 909 g/mol. The van der Waals surface area contributed by atoms with Gasteiger partial charge in [-0.15, -0.1) is 0 Å². The summed E-state index contributed by atoms with van der Waals surface area (Å²) in [4.78, 5) is 4.74. The van der Waals surface area contributed by atoms with Crippen LogP contribution in [0.3, 0.4) is 0 Å². The lowest BCUT2D eigenvalue weighted by molar-refractivity contribution is 0.669. The third-order valence-electron chi connectivity index (χ3n) is 14.0. The van der Waals surface area contributed by atoms with Crippen LogP contribution < -0.4 is 9.80 Å². The molecule has 0 spiro atoms. The van der Waals surface area contributed by atoms with Crippen molar-refractivity contribution in [2.45, 2.75) is 0 Å². The zero-order chi connectivity index (χ0) is 46.8. The van der Waals surface area contributed by atoms with Gasteiger partial charge in [0.05, 0.1) is 28.1 Å². The van der Waals surface area contributed by atoms with E-state index >= 15 is 0 Å². The minimum absolute atomic E-state index is 0.890. The van der Waals surface area contributed by atoms with E-state index < -0.39 is 0 Å². The van der Waals surface area contributed by atoms with Gasteiger partial charge < -0.3 is 23.2 Å². The highest BCUT2D eigenvalue weighted by molar-refractivity contribution is 6.12. The molecule has 0 aliphatic rings. The summed E-state index contributed by atoms with van der Waals surface area (Å²) in [6, 6.07) is 92.9. The maximum Gasteiger partial charge on any atom is 0.143 e. The van der Waals surface area contributed by atoms with Gasteiger partial charge in [0.1, 0.15) is 22.3 Å². The molecular weight excluding hydrogens is 867 g/mol. The third-order valence-corrected chi connectivity index (χ3v) is 14.0. The lowest BCUT2D eigenvalue weighted by Crippen LogP contribution is -2.14. The topological polar surface area (TPSA) is 37.7 Å². The SMILES string of the molecule is c1ccc(N(c2ccc(-c3cccc4c3oc3ccccc34)cc2)c2cc(N(c3ccccc3)c3ccc(-c4cccc5c4oc4ccccc45)cc3)cc(-n3c4ccccc4c4ccccc43)c2)cc1. The molecule has 0 atom stereocenters. The Morgan fingerprint density at radius 1 is 0.268 bits per heavy atom. The molecule has 334 valence electrons. The number of hydrogen-bond acceptors (Lipinski definition) is 4. The van der Waals surface area contributed by atoms with Gasteiger partial charge in [-0.05, 0) is 102 Å². The van der Waals surface area contributed by atoms with E-state index in [0.29, 0.717) is 0 Å². The second kappa shape index (κ2) is 16.6. The van der Waals surface area contributed by atoms with Crippen LogP contribution in [0.25, 0.3) is 93.6 Å². The van der Waals surface area contributed by atoms with Crippen molar-refractivity contribution in [3.63, 3.8) is 0 Å². The van der Waals surface area contributed by atoms with E-state index in [9.17, 15) is 0 Å². The predicted octanol–water partition coefficient (Wildman–Crippen LogP) is 18.9. The number of anilines is 6. The molecule has 0 amide bonds. The Balaban J connectivity index is 0.965. The summed E-state index contributed by atoms with van der Waals surface area (Å²) in [6.07, 6.45) is 0. The van der Waals surface area contributed by atoms with E-state index in [0.717, 1.165) is 117 Å². The molecule has 3 aromatic heterocycles. The fraction of sp³-hybridized carbons (Fsp3) is 0. The minimum Gasteiger partial charge on any atom is -0.455 e. The molecule has 0 bridgehead atoms. The Kier molecular flexibility index (Phi) is 9.46. The summed E-state index contributed by atoms with van der Waals surface area (Å²) in [5, 5.41) is 6.89. The highest BCUT2D eigenvalue weighted by Gasteiger charge is 2.23. The third kappa shape index (κ3) is 6.78. The van der Waals surface area contributed by atoms with Crippen LogP contribution in [0.2, 0.25) is 0 Å². The maximum absolute atomic E-state index is 6.51. The van der Waals surface area contributed by atoms with Crippen LogP contribution in [0, 0.1) is 0 Å². The molecule has 5 heteroatoms. The van der Waals surface area contributed by atoms with Crippen molar-refractivity contribution in [1.82, 2.24) is 4.57 Å². The molecule has 0 N–H and O–H groups in total. The Hall–Kier alpha value is -9.58. The summed E-state index contributed by atoms with van der Waals surface area (Å²) in [5.74, 6) is 0. The molecule has 0 unspecified atom stereocenters. The first-order chi connectivity index (χ1) is 35.2. The van der Waals surface area contributed by atoms with E-state index in [2.05, 4.69) is 251 Å². The number of rotatable bonds is 9. The fourth-order valence-electron chi connectivity index (χ4n) is 10.7. The first-order valence-electron chi connectivity index (χ1n) is 24.1. The predicted molar refractivity (Wildman–Crippen MR) is 296 cm³/mol. The summed E-state index contributed by atoms with van der Waals surface area (Å²) >= 11 is 0. The molecule has 0 fully saturated rings. The molecule has 0 saturated heterocycles. The van der Waals surface area contributed by atoms with Gasteiger partial charge in [-0.3, -0.25) is 0 Å². The zero-order valence-electron chi connectivity index (χ0n) is 38.5. The van der Waals surface area contributed by atoms with Crippen molar-refractivity contribution in [1.29, 1.82) is 0 Å². The highest BCUT2D eigenvalue weighted by Crippen LogP contribution is 2.45. The molecule has 71 heavy (non-hydrogen) atoms. The quantitative estimate of drug-likeness (QED) is 0.145. The number of benzene rings is 11. The van der Waals surface area contributed by atoms with Crippen molar-refractivity contribution in [3.05, 3.63) is 261 Å². The molecule has 14 rings (SSSR count). The molecule has 0 radical (unpaired) electrons. The normalized spacial score (nSPS) is 11.7. The van der Waals surface area contributed by atoms with E-state index in [1.165, 1.54) is 10.8 Å². The molecule has 0 aliphatic heterocycles. The molecular formula is C66H43N3O2. The summed E-state index contributed by atoms with van der Waals surface area (Å²) in [5.41, 5.74) is 17.3. The lowest BCUT2D eigenvalue weighted by Gasteiger charge is -2.30. The van der Waals surface area contributed by atoms with Crippen LogP contribution in [-0.2, 0) is 0 Å². The molecule has 11 aromatic carbocycles. The van der Waals surface area contributed by atoms with Crippen molar-refractivity contribution < 1.29 is 8.83 Å². The van der Waals surface area contributed by atoms with Gasteiger partial charge in [0.2, 0.25) is 0 Å². The smallest absolute Gasteiger partial charge is 0.143 e. The van der Waals surface area contributed by atoms with Gasteiger partial charge in [-0.25, -0.2) is 0 Å². The molecule has 14 aromatic rings. The van der Waals surface area contributed by atoms with Crippen molar-refractivity contribution in [2.24, 2.45) is 0 Å². The Morgan fingerprint density at radius 2 is 0.634 bits per heavy atom. The Labute approximate surface area is 409 Å². The van der Waals surface area contributed by atoms with E-state index in [-0.39, 0.29) is 0 Å². The number of para-hydroxylation sites is 8. The molecule has 3 heterocycles. The number of aromatic nitrogens is 1. The lowest BCUT2D eigenvalue weighted by atomic mass is 10.0. The number of nitrogens with zero attached hydrogens (tertiary/aromatic N) is 3. The van der Waals surface area contributed by atoms with Crippen LogP contribution in [0.5, 0.6) is 0 Å². The van der Waals surface area contributed by atoms with E-state index in [1.54, 1.807) is 0 Å². The van der Waals surface area contributed by atoms with Crippen LogP contribution in [0.1, 0.15) is 0 Å². The average Bonchev–Trinajstić information content (AvgIpc) is 4.12. The van der Waals surface area contributed by atoms with Crippen LogP contribution >= 0.6 is 0 Å². The Morgan fingerprint density at radius 3 is 1.08 bits per heavy atom. The van der Waals surface area contributed by atoms with E-state index in [4.69, 9.17) is 8.83 Å². The van der Waals surface area contributed by atoms with Crippen LogP contribution in [0.4, 0.5) is 34.1 Å². The van der Waals surface area contributed by atoms with Crippen LogP contribution in [0.15, 0.2) is 270 Å². The van der Waals surface area contributed by atoms with Gasteiger partial charge in [0.15, 0.2) is 0 Å². The summed E-state index contributed by atoms with van der Waals surface area (Å²) in [7, 11) is 0. The summed E-state index contributed by atoms with van der Waals surface area (Å²) < 4.78 is 15.4. The van der Waals surface area contributed by atoms with Gasteiger partial charge >= 0.3 is 0 Å². The second-order valence-electron chi connectivity index (χ2n) is 18.1. The molecule has 0 saturated carbocycles. The van der Waals surface area contributed by atoms with Crippen molar-refractivity contribution in [2.75, 3.05) is 9.80 Å². The molecule has 5 nitrogen and oxygen atoms in total. The fourth-order valence-corrected chi connectivity index (χ4v) is 10.7. The maximum atomic E-state index is 6.51. The minimum atomic E-state index is 0.890. The first-order valence-corrected chi connectivity index (χ1v) is 24.1. The van der Waals surface area contributed by atoms with Crippen LogP contribution in [-0.4, -0.2) is 4.57 Å². The van der Waals surface area contributed by atoms with Gasteiger partial charge in [0, 0.05) is 66.2 Å². The first kappa shape index (κ1) is 40.5. The average molecular weight is 910 g/mol. The van der Waals surface area contributed by atoms with Gasteiger partial charge in [-0.2, -0.15) is 0 Å². The number of furan rings is 2. The zero-order valence-corrected chi connectivity index (χ0v) is 38.5. The molecule has 0 aliphatic carbocycles. The highest BCUT2D eigenvalue weighted by atomic mass is 16.3. The van der Waals surface area contributed by atoms with Gasteiger partial charge in [-0.1, -0.05) is 170 Å². The Bertz CT molecular complexity index is 4010. The largest absolute Gasteiger partial charge is 0.455 e. The summed E-state index contributed by atoms with van der Waals surface area (Å²) in [6.45, 7) is 0. The van der Waals surface area contributed by atoms with E-state index in [1.807, 2.05) is 24.3 Å². The number of fused-ring (bicyclic) bond motifs is 9.